The van der Waals surface area contributed by atoms with E-state index in [1.54, 1.807) is 55.5 Å². The number of hydrogen-bond donors (Lipinski definition) is 3. The number of rotatable bonds is 14. The van der Waals surface area contributed by atoms with Gasteiger partial charge in [-0.1, -0.05) is 18.2 Å². The van der Waals surface area contributed by atoms with Gasteiger partial charge in [0.2, 0.25) is 5.82 Å². The Morgan fingerprint density at radius 2 is 1.70 bits per heavy atom. The first kappa shape index (κ1) is 36.0. The minimum atomic E-state index is -4.51. The van der Waals surface area contributed by atoms with E-state index in [9.17, 15) is 13.2 Å². The highest BCUT2D eigenvalue weighted by Gasteiger charge is 2.42. The molecule has 53 heavy (non-hydrogen) atoms. The summed E-state index contributed by atoms with van der Waals surface area (Å²) < 4.78 is 53.1. The Morgan fingerprint density at radius 1 is 0.906 bits per heavy atom. The summed E-state index contributed by atoms with van der Waals surface area (Å²) in [7, 11) is -0.343. The van der Waals surface area contributed by atoms with Gasteiger partial charge in [0, 0.05) is 30.6 Å². The molecule has 1 amide bonds. The summed E-state index contributed by atoms with van der Waals surface area (Å²) in [6.07, 6.45) is 3.13. The highest BCUT2D eigenvalue weighted by atomic mass is 32.2. The van der Waals surface area contributed by atoms with Crippen molar-refractivity contribution in [3.63, 3.8) is 0 Å². The van der Waals surface area contributed by atoms with Crippen LogP contribution in [0, 0.1) is 0 Å². The van der Waals surface area contributed by atoms with E-state index in [0.29, 0.717) is 5.75 Å². The molecule has 20 heteroatoms. The zero-order valence-corrected chi connectivity index (χ0v) is 29.4. The molecule has 19 nitrogen and oxygen atoms in total. The second-order valence-corrected chi connectivity index (χ2v) is 12.3. The summed E-state index contributed by atoms with van der Waals surface area (Å²) in [6.45, 7) is 1.87. The van der Waals surface area contributed by atoms with Gasteiger partial charge in [0.25, 0.3) is 10.0 Å². The number of H-pyrrole nitrogens is 1. The molecule has 274 valence electrons. The molecule has 0 bridgehead atoms. The number of hydrogen-bond acceptors (Lipinski definition) is 16. The van der Waals surface area contributed by atoms with Gasteiger partial charge < -0.3 is 24.3 Å². The molecule has 0 aliphatic carbocycles. The van der Waals surface area contributed by atoms with E-state index < -0.39 is 22.0 Å². The van der Waals surface area contributed by atoms with Gasteiger partial charge >= 0.3 is 11.9 Å². The first-order valence-corrected chi connectivity index (χ1v) is 17.1. The van der Waals surface area contributed by atoms with Crippen LogP contribution in [0.4, 0.5) is 10.6 Å². The lowest BCUT2D eigenvalue weighted by Crippen LogP contribution is -2.51. The number of amides is 1. The fourth-order valence-electron chi connectivity index (χ4n) is 4.95. The number of aromatic nitrogens is 6. The summed E-state index contributed by atoms with van der Waals surface area (Å²) in [5.74, 6) is -1.42. The van der Waals surface area contributed by atoms with Gasteiger partial charge in [0.05, 0.1) is 27.5 Å². The average Bonchev–Trinajstić information content (AvgIpc) is 3.74. The topological polar surface area (TPSA) is 226 Å². The molecule has 4 heterocycles. The van der Waals surface area contributed by atoms with E-state index >= 15 is 0 Å². The second kappa shape index (κ2) is 15.6. The quantitative estimate of drug-likeness (QED) is 0.110. The van der Waals surface area contributed by atoms with Crippen LogP contribution in [-0.2, 0) is 25.6 Å². The van der Waals surface area contributed by atoms with E-state index in [1.165, 1.54) is 69.1 Å². The standard InChI is InChI=1S/C33H32N10O9S/c1-5-43(29-12-8-9-16-35-29)32(44)51-52-33(21-15-17-34-23(18-21)30-38-41-42-39-30)36-20-27(50-25-11-7-6-10-24(25)48-3)31(37-33)40-53(45,46)28-19-22(47-2)13-14-26(28)49-4/h6-20,37,40H,5H2,1-4H3,(H,38,39,41,42). The molecule has 1 aliphatic rings. The number of sulfonamides is 1. The second-order valence-electron chi connectivity index (χ2n) is 10.7. The Morgan fingerprint density at radius 3 is 2.40 bits per heavy atom. The maximum atomic E-state index is 14.2. The lowest BCUT2D eigenvalue weighted by molar-refractivity contribution is -0.327. The van der Waals surface area contributed by atoms with Crippen molar-refractivity contribution in [3.05, 3.63) is 102 Å². The van der Waals surface area contributed by atoms with Crippen molar-refractivity contribution in [1.29, 1.82) is 0 Å². The molecule has 0 fully saturated rings. The lowest BCUT2D eigenvalue weighted by Gasteiger charge is -2.34. The van der Waals surface area contributed by atoms with Crippen molar-refractivity contribution >= 4 is 28.1 Å². The maximum Gasteiger partial charge on any atom is 0.447 e. The van der Waals surface area contributed by atoms with Crippen molar-refractivity contribution in [2.75, 3.05) is 32.8 Å². The van der Waals surface area contributed by atoms with Crippen molar-refractivity contribution in [2.45, 2.75) is 17.7 Å². The van der Waals surface area contributed by atoms with Crippen LogP contribution in [0.1, 0.15) is 12.5 Å². The van der Waals surface area contributed by atoms with Crippen molar-refractivity contribution in [2.24, 2.45) is 4.99 Å². The number of nitrogens with one attached hydrogen (secondary N) is 3. The van der Waals surface area contributed by atoms with E-state index in [0.717, 1.165) is 0 Å². The molecule has 3 aromatic heterocycles. The number of pyridine rings is 2. The van der Waals surface area contributed by atoms with Crippen LogP contribution in [0.3, 0.4) is 0 Å². The van der Waals surface area contributed by atoms with Gasteiger partial charge in [-0.15, -0.1) is 15.1 Å². The third kappa shape index (κ3) is 7.77. The summed E-state index contributed by atoms with van der Waals surface area (Å²) >= 11 is 0. The average molecular weight is 745 g/mol. The van der Waals surface area contributed by atoms with Crippen molar-refractivity contribution in [1.82, 2.24) is 40.6 Å². The number of benzene rings is 2. The van der Waals surface area contributed by atoms with Crippen LogP contribution in [0.25, 0.3) is 11.5 Å². The Hall–Kier alpha value is -6.80. The molecule has 1 aliphatic heterocycles. The smallest absolute Gasteiger partial charge is 0.447 e. The lowest BCUT2D eigenvalue weighted by atomic mass is 10.1. The molecule has 2 aromatic carbocycles. The van der Waals surface area contributed by atoms with Gasteiger partial charge in [0.1, 0.15) is 27.9 Å². The van der Waals surface area contributed by atoms with Crippen LogP contribution in [0.15, 0.2) is 107 Å². The van der Waals surface area contributed by atoms with Crippen LogP contribution >= 0.6 is 0 Å². The summed E-state index contributed by atoms with van der Waals surface area (Å²) in [5, 5.41) is 16.8. The predicted octanol–water partition coefficient (Wildman–Crippen LogP) is 3.29. The number of carbonyl (C=O) groups excluding carboxylic acids is 1. The molecule has 5 aromatic rings. The number of ether oxygens (including phenoxy) is 4. The Balaban J connectivity index is 1.45. The molecule has 1 atom stereocenters. The number of carbonyl (C=O) groups is 1. The minimum Gasteiger partial charge on any atom is -0.497 e. The highest BCUT2D eigenvalue weighted by molar-refractivity contribution is 7.89. The number of aliphatic imine (C=N–C) groups is 1. The Bertz CT molecular complexity index is 2240. The van der Waals surface area contributed by atoms with Crippen LogP contribution < -0.4 is 33.9 Å². The minimum absolute atomic E-state index is 0.0140. The van der Waals surface area contributed by atoms with Crippen LogP contribution in [-0.4, -0.2) is 79.2 Å². The van der Waals surface area contributed by atoms with Gasteiger partial charge in [-0.25, -0.2) is 23.2 Å². The van der Waals surface area contributed by atoms with Crippen molar-refractivity contribution < 1.29 is 41.9 Å². The molecular formula is C33H32N10O9S. The third-order valence-corrected chi connectivity index (χ3v) is 8.88. The Kier molecular flexibility index (Phi) is 10.6. The molecule has 0 saturated heterocycles. The summed E-state index contributed by atoms with van der Waals surface area (Å²) in [6, 6.07) is 18.9. The number of allylic oxidation sites excluding steroid dienone is 1. The first-order chi connectivity index (χ1) is 25.7. The fourth-order valence-corrected chi connectivity index (χ4v) is 6.16. The molecule has 0 saturated carbocycles. The maximum absolute atomic E-state index is 14.2. The zero-order valence-electron chi connectivity index (χ0n) is 28.6. The zero-order chi connectivity index (χ0) is 37.4. The molecule has 6 rings (SSSR count). The first-order valence-electron chi connectivity index (χ1n) is 15.6. The summed E-state index contributed by atoms with van der Waals surface area (Å²) in [5.41, 5.74) is 0.374. The van der Waals surface area contributed by atoms with Gasteiger partial charge in [0.15, 0.2) is 23.1 Å². The normalized spacial score (nSPS) is 15.2. The summed E-state index contributed by atoms with van der Waals surface area (Å²) in [4.78, 5) is 38.7. The highest BCUT2D eigenvalue weighted by Crippen LogP contribution is 2.35. The number of tetrazole rings is 1. The number of nitrogens with zero attached hydrogens (tertiary/aromatic N) is 7. The Labute approximate surface area is 302 Å². The predicted molar refractivity (Wildman–Crippen MR) is 186 cm³/mol. The molecule has 0 radical (unpaired) electrons. The van der Waals surface area contributed by atoms with Gasteiger partial charge in [-0.3, -0.25) is 19.5 Å². The van der Waals surface area contributed by atoms with Crippen LogP contribution in [0.5, 0.6) is 23.0 Å². The largest absolute Gasteiger partial charge is 0.497 e. The SMILES string of the molecule is CCN(C(=O)OOC1(c2ccnc(-c3nn[nH]n3)c2)N=CC(Oc2ccccc2OC)=C(NS(=O)(=O)c2cc(OC)ccc2OC)N1)c1ccccn1. The van der Waals surface area contributed by atoms with Crippen LogP contribution in [0.2, 0.25) is 0 Å². The number of para-hydroxylation sites is 2. The van der Waals surface area contributed by atoms with Crippen molar-refractivity contribution in [3.8, 4) is 34.5 Å². The van der Waals surface area contributed by atoms with E-state index in [4.69, 9.17) is 28.7 Å². The number of aromatic amines is 1. The third-order valence-electron chi connectivity index (χ3n) is 7.51. The monoisotopic (exact) mass is 744 g/mol. The molecule has 3 N–H and O–H groups in total. The van der Waals surface area contributed by atoms with Gasteiger partial charge in [-0.05, 0) is 60.7 Å². The molecular weight excluding hydrogens is 712 g/mol. The van der Waals surface area contributed by atoms with E-state index in [-0.39, 0.29) is 63.2 Å². The molecule has 0 spiro atoms. The number of anilines is 1. The molecule has 1 unspecified atom stereocenters. The fraction of sp³-hybridized carbons (Fsp3) is 0.182. The number of methoxy groups -OCH3 is 3. The van der Waals surface area contributed by atoms with E-state index in [2.05, 4.69) is 45.6 Å². The van der Waals surface area contributed by atoms with Gasteiger partial charge in [-0.2, -0.15) is 5.21 Å². The van der Waals surface area contributed by atoms with E-state index in [1.807, 2.05) is 0 Å².